The van der Waals surface area contributed by atoms with Crippen LogP contribution in [0.15, 0.2) is 47.1 Å². The minimum atomic E-state index is -0.464. The summed E-state index contributed by atoms with van der Waals surface area (Å²) >= 11 is 0. The fourth-order valence-electron chi connectivity index (χ4n) is 4.14. The van der Waals surface area contributed by atoms with Crippen molar-refractivity contribution in [1.82, 2.24) is 5.32 Å². The molecule has 4 nitrogen and oxygen atoms in total. The second kappa shape index (κ2) is 5.53. The summed E-state index contributed by atoms with van der Waals surface area (Å²) in [6.07, 6.45) is 5.79. The first-order valence-electron chi connectivity index (χ1n) is 8.27. The maximum absolute atomic E-state index is 12.7. The molecule has 2 aromatic rings. The molecule has 1 amide bonds. The second-order valence-corrected chi connectivity index (χ2v) is 6.68. The molecule has 0 radical (unpaired) electrons. The third-order valence-electron chi connectivity index (χ3n) is 5.40. The van der Waals surface area contributed by atoms with Gasteiger partial charge in [-0.3, -0.25) is 4.79 Å². The Bertz CT molecular complexity index is 709. The zero-order valence-electron chi connectivity index (χ0n) is 13.0. The lowest BCUT2D eigenvalue weighted by Crippen LogP contribution is -2.34. The molecule has 120 valence electrons. The van der Waals surface area contributed by atoms with Gasteiger partial charge in [0.05, 0.1) is 12.9 Å². The highest BCUT2D eigenvalue weighted by Gasteiger charge is 2.60. The fourth-order valence-corrected chi connectivity index (χ4v) is 4.14. The highest BCUT2D eigenvalue weighted by Crippen LogP contribution is 2.60. The first-order chi connectivity index (χ1) is 11.2. The van der Waals surface area contributed by atoms with Gasteiger partial charge in [0.25, 0.3) is 0 Å². The van der Waals surface area contributed by atoms with E-state index in [1.54, 1.807) is 18.4 Å². The van der Waals surface area contributed by atoms with Gasteiger partial charge in [-0.05, 0) is 48.9 Å². The number of aliphatic hydroxyl groups excluding tert-OH is 1. The molecule has 4 heteroatoms. The van der Waals surface area contributed by atoms with Crippen molar-refractivity contribution < 1.29 is 14.3 Å². The molecule has 2 N–H and O–H groups in total. The van der Waals surface area contributed by atoms with E-state index in [0.717, 1.165) is 25.7 Å². The molecular formula is C19H21NO3. The average molecular weight is 311 g/mol. The predicted octanol–water partition coefficient (Wildman–Crippen LogP) is 2.72. The summed E-state index contributed by atoms with van der Waals surface area (Å²) in [5.74, 6) is 0.629. The Morgan fingerprint density at radius 1 is 1.35 bits per heavy atom. The van der Waals surface area contributed by atoms with Gasteiger partial charge in [0.1, 0.15) is 11.8 Å². The number of benzene rings is 1. The van der Waals surface area contributed by atoms with Gasteiger partial charge in [0.15, 0.2) is 0 Å². The van der Waals surface area contributed by atoms with Crippen LogP contribution in [0.4, 0.5) is 0 Å². The minimum absolute atomic E-state index is 0.00737. The topological polar surface area (TPSA) is 62.5 Å². The van der Waals surface area contributed by atoms with Crippen LogP contribution in [0.25, 0.3) is 0 Å². The first kappa shape index (κ1) is 14.5. The van der Waals surface area contributed by atoms with Crippen LogP contribution in [0.5, 0.6) is 0 Å². The van der Waals surface area contributed by atoms with Crippen LogP contribution in [0, 0.1) is 5.92 Å². The van der Waals surface area contributed by atoms with Crippen LogP contribution in [-0.4, -0.2) is 17.6 Å². The Hall–Kier alpha value is -2.07. The Kier molecular flexibility index (Phi) is 3.49. The van der Waals surface area contributed by atoms with Crippen LogP contribution < -0.4 is 5.32 Å². The Labute approximate surface area is 135 Å². The van der Waals surface area contributed by atoms with E-state index in [0.29, 0.717) is 5.76 Å². The lowest BCUT2D eigenvalue weighted by atomic mass is 9.78. The number of carbonyl (C=O) groups is 1. The van der Waals surface area contributed by atoms with Crippen molar-refractivity contribution in [3.63, 3.8) is 0 Å². The molecule has 1 spiro atoms. The maximum atomic E-state index is 12.7. The normalized spacial score (nSPS) is 26.6. The number of aliphatic hydroxyl groups is 1. The molecule has 2 aliphatic rings. The van der Waals surface area contributed by atoms with Gasteiger partial charge in [-0.25, -0.2) is 0 Å². The molecule has 3 unspecified atom stereocenters. The van der Waals surface area contributed by atoms with E-state index in [1.807, 2.05) is 0 Å². The third kappa shape index (κ3) is 2.38. The Morgan fingerprint density at radius 3 is 3.00 bits per heavy atom. The average Bonchev–Trinajstić information content (AvgIpc) is 3.05. The number of fused-ring (bicyclic) bond motifs is 2. The maximum Gasteiger partial charge on any atom is 0.224 e. The van der Waals surface area contributed by atoms with Crippen molar-refractivity contribution in [2.24, 2.45) is 5.92 Å². The molecule has 0 aliphatic heterocycles. The molecule has 1 aromatic heterocycles. The summed E-state index contributed by atoms with van der Waals surface area (Å²) in [5.41, 5.74) is 2.76. The van der Waals surface area contributed by atoms with Gasteiger partial charge >= 0.3 is 0 Å². The van der Waals surface area contributed by atoms with E-state index in [-0.39, 0.29) is 23.8 Å². The van der Waals surface area contributed by atoms with Crippen molar-refractivity contribution in [2.45, 2.75) is 37.1 Å². The predicted molar refractivity (Wildman–Crippen MR) is 85.8 cm³/mol. The standard InChI is InChI=1S/C19H21NO3/c21-12-16(17-8-4-10-23-17)20-18(22)15-11-19(15)9-3-6-13-5-1-2-7-14(13)19/h1-2,4-5,7-8,10,15-16,21H,3,6,9,11-12H2,(H,20,22). The zero-order valence-corrected chi connectivity index (χ0v) is 13.0. The zero-order chi connectivity index (χ0) is 15.9. The lowest BCUT2D eigenvalue weighted by Gasteiger charge is -2.26. The number of nitrogens with one attached hydrogen (secondary N) is 1. The molecule has 2 aliphatic carbocycles. The number of furan rings is 1. The van der Waals surface area contributed by atoms with Gasteiger partial charge in [0, 0.05) is 11.3 Å². The van der Waals surface area contributed by atoms with E-state index in [9.17, 15) is 9.90 Å². The molecule has 4 rings (SSSR count). The van der Waals surface area contributed by atoms with E-state index in [4.69, 9.17) is 4.42 Å². The third-order valence-corrected chi connectivity index (χ3v) is 5.40. The van der Waals surface area contributed by atoms with Crippen LogP contribution >= 0.6 is 0 Å². The van der Waals surface area contributed by atoms with Crippen molar-refractivity contribution in [3.8, 4) is 0 Å². The lowest BCUT2D eigenvalue weighted by molar-refractivity contribution is -0.124. The number of amides is 1. The highest BCUT2D eigenvalue weighted by molar-refractivity contribution is 5.85. The number of hydrogen-bond acceptors (Lipinski definition) is 3. The number of carbonyl (C=O) groups excluding carboxylic acids is 1. The highest BCUT2D eigenvalue weighted by atomic mass is 16.3. The van der Waals surface area contributed by atoms with E-state index < -0.39 is 6.04 Å². The first-order valence-corrected chi connectivity index (χ1v) is 8.27. The van der Waals surface area contributed by atoms with E-state index in [1.165, 1.54) is 11.1 Å². The smallest absolute Gasteiger partial charge is 0.224 e. The van der Waals surface area contributed by atoms with Gasteiger partial charge in [-0.1, -0.05) is 24.3 Å². The molecule has 1 aromatic carbocycles. The van der Waals surface area contributed by atoms with Crippen LogP contribution in [0.1, 0.15) is 42.2 Å². The molecule has 1 heterocycles. The van der Waals surface area contributed by atoms with Crippen molar-refractivity contribution in [1.29, 1.82) is 0 Å². The van der Waals surface area contributed by atoms with E-state index in [2.05, 4.69) is 29.6 Å². The molecule has 0 bridgehead atoms. The van der Waals surface area contributed by atoms with Crippen LogP contribution in [-0.2, 0) is 16.6 Å². The van der Waals surface area contributed by atoms with Crippen molar-refractivity contribution in [2.75, 3.05) is 6.61 Å². The Balaban J connectivity index is 1.52. The molecule has 1 fully saturated rings. The summed E-state index contributed by atoms with van der Waals surface area (Å²) in [7, 11) is 0. The number of hydrogen-bond donors (Lipinski definition) is 2. The molecule has 23 heavy (non-hydrogen) atoms. The van der Waals surface area contributed by atoms with Gasteiger partial charge < -0.3 is 14.8 Å². The summed E-state index contributed by atoms with van der Waals surface area (Å²) in [6, 6.07) is 11.6. The SMILES string of the molecule is O=C(NC(CO)c1ccco1)C1CC12CCCc1ccccc12. The molecule has 1 saturated carbocycles. The molecule has 3 atom stereocenters. The second-order valence-electron chi connectivity index (χ2n) is 6.68. The minimum Gasteiger partial charge on any atom is -0.467 e. The summed E-state index contributed by atoms with van der Waals surface area (Å²) in [6.45, 7) is -0.157. The summed E-state index contributed by atoms with van der Waals surface area (Å²) < 4.78 is 5.31. The summed E-state index contributed by atoms with van der Waals surface area (Å²) in [4.78, 5) is 12.7. The molecule has 0 saturated heterocycles. The Morgan fingerprint density at radius 2 is 2.22 bits per heavy atom. The van der Waals surface area contributed by atoms with E-state index >= 15 is 0 Å². The van der Waals surface area contributed by atoms with Crippen LogP contribution in [0.2, 0.25) is 0 Å². The monoisotopic (exact) mass is 311 g/mol. The van der Waals surface area contributed by atoms with Crippen molar-refractivity contribution in [3.05, 3.63) is 59.5 Å². The molecular weight excluding hydrogens is 290 g/mol. The van der Waals surface area contributed by atoms with Gasteiger partial charge in [-0.2, -0.15) is 0 Å². The number of rotatable bonds is 4. The largest absolute Gasteiger partial charge is 0.467 e. The quantitative estimate of drug-likeness (QED) is 0.912. The summed E-state index contributed by atoms with van der Waals surface area (Å²) in [5, 5.41) is 12.5. The number of aryl methyl sites for hydroxylation is 1. The van der Waals surface area contributed by atoms with Crippen molar-refractivity contribution >= 4 is 5.91 Å². The van der Waals surface area contributed by atoms with Gasteiger partial charge in [0.2, 0.25) is 5.91 Å². The van der Waals surface area contributed by atoms with Crippen LogP contribution in [0.3, 0.4) is 0 Å². The fraction of sp³-hybridized carbons (Fsp3) is 0.421. The van der Waals surface area contributed by atoms with Gasteiger partial charge in [-0.15, -0.1) is 0 Å².